The van der Waals surface area contributed by atoms with E-state index in [2.05, 4.69) is 54.6 Å². The van der Waals surface area contributed by atoms with Gasteiger partial charge in [0.1, 0.15) is 0 Å². The molecule has 0 amide bonds. The second kappa shape index (κ2) is 14.8. The Morgan fingerprint density at radius 3 is 1.43 bits per heavy atom. The lowest BCUT2D eigenvalue weighted by molar-refractivity contribution is 0.597. The maximum absolute atomic E-state index is 15.6. The third kappa shape index (κ3) is 6.33. The van der Waals surface area contributed by atoms with E-state index in [1.165, 1.54) is 0 Å². The zero-order valence-corrected chi connectivity index (χ0v) is 33.6. The van der Waals surface area contributed by atoms with Gasteiger partial charge >= 0.3 is 0 Å². The number of fused-ring (bicyclic) bond motifs is 11. The molecule has 9 aromatic carbocycles. The van der Waals surface area contributed by atoms with Crippen molar-refractivity contribution >= 4 is 20.6 Å². The molecule has 0 saturated carbocycles. The molecule has 0 unspecified atom stereocenters. The molecule has 1 aromatic heterocycles. The summed E-state index contributed by atoms with van der Waals surface area (Å²) < 4.78 is 31.2. The van der Waals surface area contributed by atoms with E-state index in [0.717, 1.165) is 66.6 Å². The van der Waals surface area contributed by atoms with Gasteiger partial charge in [-0.3, -0.25) is 0 Å². The molecule has 2 heterocycles. The Hall–Kier alpha value is -7.80. The van der Waals surface area contributed by atoms with Gasteiger partial charge in [-0.15, -0.1) is 0 Å². The summed E-state index contributed by atoms with van der Waals surface area (Å²) >= 11 is 0. The van der Waals surface area contributed by atoms with Crippen molar-refractivity contribution in [1.29, 1.82) is 0 Å². The molecule has 0 radical (unpaired) electrons. The van der Waals surface area contributed by atoms with E-state index < -0.39 is 9.84 Å². The van der Waals surface area contributed by atoms with Gasteiger partial charge in [-0.2, -0.15) is 0 Å². The number of aromatic nitrogens is 3. The van der Waals surface area contributed by atoms with E-state index >= 15 is 8.42 Å². The monoisotopic (exact) mass is 801 g/mol. The molecule has 11 rings (SSSR count). The van der Waals surface area contributed by atoms with Crippen molar-refractivity contribution in [3.05, 3.63) is 212 Å². The summed E-state index contributed by atoms with van der Waals surface area (Å²) in [5.41, 5.74) is 11.2. The average molecular weight is 802 g/mol. The molecule has 0 N–H and O–H groups in total. The van der Waals surface area contributed by atoms with Crippen molar-refractivity contribution in [3.63, 3.8) is 0 Å². The van der Waals surface area contributed by atoms with E-state index in [4.69, 9.17) is 15.0 Å². The molecule has 61 heavy (non-hydrogen) atoms. The van der Waals surface area contributed by atoms with E-state index in [-0.39, 0.29) is 9.79 Å². The van der Waals surface area contributed by atoms with Crippen LogP contribution in [0, 0.1) is 0 Å². The third-order valence-corrected chi connectivity index (χ3v) is 13.4. The Morgan fingerprint density at radius 2 is 0.754 bits per heavy atom. The molecule has 0 bridgehead atoms. The topological polar surface area (TPSA) is 72.8 Å². The number of benzene rings is 9. The van der Waals surface area contributed by atoms with E-state index in [0.29, 0.717) is 34.0 Å². The normalized spacial score (nSPS) is 12.5. The minimum atomic E-state index is -4.15. The number of nitrogens with zero attached hydrogens (tertiary/aromatic N) is 3. The average Bonchev–Trinajstić information content (AvgIpc) is 3.34. The van der Waals surface area contributed by atoms with Crippen molar-refractivity contribution in [1.82, 2.24) is 15.0 Å². The highest BCUT2D eigenvalue weighted by Gasteiger charge is 2.31. The first-order chi connectivity index (χ1) is 30.0. The van der Waals surface area contributed by atoms with Gasteiger partial charge in [0, 0.05) is 33.2 Å². The van der Waals surface area contributed by atoms with Gasteiger partial charge in [-0.25, -0.2) is 23.4 Å². The Kier molecular flexibility index (Phi) is 8.80. The summed E-state index contributed by atoms with van der Waals surface area (Å²) in [7, 11) is -4.15. The second-order valence-electron chi connectivity index (χ2n) is 15.1. The van der Waals surface area contributed by atoms with Crippen molar-refractivity contribution in [2.24, 2.45) is 0 Å². The molecule has 0 aliphatic carbocycles. The maximum Gasteiger partial charge on any atom is 0.208 e. The number of sulfone groups is 1. The van der Waals surface area contributed by atoms with Crippen LogP contribution in [-0.2, 0) is 9.84 Å². The van der Waals surface area contributed by atoms with Gasteiger partial charge in [0.05, 0.1) is 9.79 Å². The Bertz CT molecular complexity index is 3440. The molecular weight excluding hydrogens is 767 g/mol. The molecule has 0 atom stereocenters. The van der Waals surface area contributed by atoms with Crippen LogP contribution in [-0.4, -0.2) is 23.4 Å². The lowest BCUT2D eigenvalue weighted by Gasteiger charge is -2.19. The molecule has 0 saturated heterocycles. The molecule has 0 spiro atoms. The van der Waals surface area contributed by atoms with Crippen molar-refractivity contribution < 1.29 is 8.42 Å². The van der Waals surface area contributed by atoms with Crippen LogP contribution in [0.4, 0.5) is 0 Å². The zero-order valence-electron chi connectivity index (χ0n) is 32.8. The van der Waals surface area contributed by atoms with Crippen LogP contribution in [0.1, 0.15) is 0 Å². The molecule has 10 aromatic rings. The van der Waals surface area contributed by atoms with E-state index in [9.17, 15) is 0 Å². The fraction of sp³-hybridized carbons (Fsp3) is 0. The SMILES string of the molecule is O=S1(=O)c2ccccc2-c2ccccc2-c2ccccc2-c2ccc(-c3nc(-c4ccccc4)nc(-c4cccc(-c5ccccc5)c4)n3)cc2-c2ccc3ccccc3c21. The van der Waals surface area contributed by atoms with Crippen LogP contribution in [0.2, 0.25) is 0 Å². The van der Waals surface area contributed by atoms with Gasteiger partial charge in [0.25, 0.3) is 0 Å². The van der Waals surface area contributed by atoms with Crippen LogP contribution >= 0.6 is 0 Å². The standard InChI is InChI=1S/C55H35N3O2S/c59-61(60)51-29-14-13-28-48(51)46-27-12-11-25-44(46)43-24-9-10-26-45(43)47-32-31-41(35-50(47)49-33-30-37-18-7-8-23-42(37)52(49)61)55-57-53(38-19-5-2-6-20-38)56-54(58-55)40-22-15-21-39(34-40)36-16-3-1-4-17-36/h1-35H. The Balaban J connectivity index is 1.22. The highest BCUT2D eigenvalue weighted by molar-refractivity contribution is 7.92. The summed E-state index contributed by atoms with van der Waals surface area (Å²) in [6.07, 6.45) is 0. The van der Waals surface area contributed by atoms with Crippen LogP contribution < -0.4 is 0 Å². The minimum Gasteiger partial charge on any atom is -0.218 e. The highest BCUT2D eigenvalue weighted by atomic mass is 32.2. The molecular formula is C55H35N3O2S. The lowest BCUT2D eigenvalue weighted by Crippen LogP contribution is -2.07. The number of rotatable bonds is 4. The molecule has 1 aliphatic rings. The fourth-order valence-electron chi connectivity index (χ4n) is 8.64. The summed E-state index contributed by atoms with van der Waals surface area (Å²) in [6, 6.07) is 70.1. The first-order valence-corrected chi connectivity index (χ1v) is 21.7. The van der Waals surface area contributed by atoms with Crippen molar-refractivity contribution in [3.8, 4) is 89.8 Å². The maximum atomic E-state index is 15.6. The first kappa shape index (κ1) is 36.3. The van der Waals surface area contributed by atoms with Crippen LogP contribution in [0.3, 0.4) is 0 Å². The predicted molar refractivity (Wildman–Crippen MR) is 246 cm³/mol. The summed E-state index contributed by atoms with van der Waals surface area (Å²) in [5, 5.41) is 1.49. The van der Waals surface area contributed by atoms with Crippen LogP contribution in [0.25, 0.3) is 101 Å². The van der Waals surface area contributed by atoms with E-state index in [1.54, 1.807) is 6.07 Å². The zero-order chi connectivity index (χ0) is 40.9. The number of hydrogen-bond acceptors (Lipinski definition) is 5. The fourth-order valence-corrected chi connectivity index (χ4v) is 10.5. The molecule has 5 nitrogen and oxygen atoms in total. The number of hydrogen-bond donors (Lipinski definition) is 0. The Morgan fingerprint density at radius 1 is 0.295 bits per heavy atom. The van der Waals surface area contributed by atoms with Crippen LogP contribution in [0.5, 0.6) is 0 Å². The smallest absolute Gasteiger partial charge is 0.208 e. The van der Waals surface area contributed by atoms with Gasteiger partial charge in [-0.05, 0) is 68.1 Å². The first-order valence-electron chi connectivity index (χ1n) is 20.2. The molecule has 0 fully saturated rings. The summed E-state index contributed by atoms with van der Waals surface area (Å²) in [4.78, 5) is 15.8. The molecule has 6 heteroatoms. The largest absolute Gasteiger partial charge is 0.218 e. The second-order valence-corrected chi connectivity index (χ2v) is 17.0. The van der Waals surface area contributed by atoms with Gasteiger partial charge < -0.3 is 0 Å². The van der Waals surface area contributed by atoms with E-state index in [1.807, 2.05) is 152 Å². The van der Waals surface area contributed by atoms with Gasteiger partial charge in [0.2, 0.25) is 9.84 Å². The van der Waals surface area contributed by atoms with Gasteiger partial charge in [-0.1, -0.05) is 194 Å². The molecule has 288 valence electrons. The van der Waals surface area contributed by atoms with Crippen molar-refractivity contribution in [2.75, 3.05) is 0 Å². The van der Waals surface area contributed by atoms with Gasteiger partial charge in [0.15, 0.2) is 17.5 Å². The quantitative estimate of drug-likeness (QED) is 0.177. The highest BCUT2D eigenvalue weighted by Crippen LogP contribution is 2.48. The third-order valence-electron chi connectivity index (χ3n) is 11.5. The molecule has 1 aliphatic heterocycles. The predicted octanol–water partition coefficient (Wildman–Crippen LogP) is 13.5. The Labute approximate surface area is 354 Å². The lowest BCUT2D eigenvalue weighted by atomic mass is 9.86. The minimum absolute atomic E-state index is 0.254. The van der Waals surface area contributed by atoms with Crippen molar-refractivity contribution in [2.45, 2.75) is 9.79 Å². The summed E-state index contributed by atoms with van der Waals surface area (Å²) in [5.74, 6) is 1.54. The van der Waals surface area contributed by atoms with Crippen LogP contribution in [0.15, 0.2) is 222 Å². The summed E-state index contributed by atoms with van der Waals surface area (Å²) in [6.45, 7) is 0.